The lowest BCUT2D eigenvalue weighted by Crippen LogP contribution is -1.96. The van der Waals surface area contributed by atoms with Crippen LogP contribution in [0.4, 0.5) is 0 Å². The Labute approximate surface area is 93.9 Å². The molecule has 0 amide bonds. The van der Waals surface area contributed by atoms with Gasteiger partial charge in [-0.3, -0.25) is 4.79 Å². The van der Waals surface area contributed by atoms with Crippen molar-refractivity contribution in [1.29, 1.82) is 0 Å². The number of hydrogen-bond acceptors (Lipinski definition) is 5. The van der Waals surface area contributed by atoms with Crippen LogP contribution in [0.25, 0.3) is 21.9 Å². The molecule has 17 heavy (non-hydrogen) atoms. The number of rotatable bonds is 1. The Balaban J connectivity index is 2.70. The minimum absolute atomic E-state index is 0.0398. The second-order valence-electron chi connectivity index (χ2n) is 3.54. The third-order valence-corrected chi connectivity index (χ3v) is 2.63. The minimum Gasteiger partial charge on any atom is -0.502 e. The molecule has 5 heteroatoms. The zero-order valence-electron chi connectivity index (χ0n) is 8.47. The first-order valence-corrected chi connectivity index (χ1v) is 4.83. The average Bonchev–Trinajstić information content (AvgIpc) is 2.80. The predicted octanol–water partition coefficient (Wildman–Crippen LogP) is 2.06. The first-order chi connectivity index (χ1) is 8.22. The van der Waals surface area contributed by atoms with Gasteiger partial charge >= 0.3 is 5.63 Å². The van der Waals surface area contributed by atoms with Crippen molar-refractivity contribution in [2.45, 2.75) is 0 Å². The predicted molar refractivity (Wildman–Crippen MR) is 59.3 cm³/mol. The number of phenols is 1. The Morgan fingerprint density at radius 1 is 1.12 bits per heavy atom. The van der Waals surface area contributed by atoms with E-state index in [-0.39, 0.29) is 16.9 Å². The lowest BCUT2D eigenvalue weighted by atomic mass is 10.1. The summed E-state index contributed by atoms with van der Waals surface area (Å²) in [6, 6.07) is 4.21. The maximum absolute atomic E-state index is 11.1. The Kier molecular flexibility index (Phi) is 1.82. The highest BCUT2D eigenvalue weighted by Gasteiger charge is 2.17. The van der Waals surface area contributed by atoms with E-state index in [4.69, 9.17) is 8.83 Å². The van der Waals surface area contributed by atoms with Crippen molar-refractivity contribution in [2.24, 2.45) is 0 Å². The topological polar surface area (TPSA) is 80.7 Å². The Morgan fingerprint density at radius 3 is 2.65 bits per heavy atom. The Morgan fingerprint density at radius 2 is 1.88 bits per heavy atom. The number of furan rings is 1. The van der Waals surface area contributed by atoms with Gasteiger partial charge in [0.05, 0.1) is 6.26 Å². The van der Waals surface area contributed by atoms with E-state index in [2.05, 4.69) is 0 Å². The molecule has 1 aromatic carbocycles. The van der Waals surface area contributed by atoms with Crippen LogP contribution in [-0.4, -0.2) is 11.4 Å². The molecule has 2 aromatic heterocycles. The lowest BCUT2D eigenvalue weighted by molar-refractivity contribution is 0.112. The van der Waals surface area contributed by atoms with Crippen molar-refractivity contribution in [3.05, 3.63) is 40.4 Å². The molecule has 3 rings (SSSR count). The number of fused-ring (bicyclic) bond motifs is 2. The fourth-order valence-electron chi connectivity index (χ4n) is 1.88. The summed E-state index contributed by atoms with van der Waals surface area (Å²) in [5.74, 6) is -0.275. The summed E-state index contributed by atoms with van der Waals surface area (Å²) in [5.41, 5.74) is -0.183. The number of hydrogen-bond donors (Lipinski definition) is 1. The molecule has 0 radical (unpaired) electrons. The van der Waals surface area contributed by atoms with Gasteiger partial charge in [-0.25, -0.2) is 4.79 Å². The number of aromatic hydroxyl groups is 1. The van der Waals surface area contributed by atoms with Gasteiger partial charge in [-0.05, 0) is 12.1 Å². The summed E-state index contributed by atoms with van der Waals surface area (Å²) in [5, 5.41) is 10.8. The molecule has 0 saturated heterocycles. The molecule has 0 bridgehead atoms. The Hall–Kier alpha value is -2.56. The summed E-state index contributed by atoms with van der Waals surface area (Å²) < 4.78 is 9.96. The van der Waals surface area contributed by atoms with Gasteiger partial charge in [0.2, 0.25) is 5.75 Å². The normalized spacial score (nSPS) is 11.1. The molecule has 1 N–H and O–H groups in total. The van der Waals surface area contributed by atoms with Crippen LogP contribution in [-0.2, 0) is 0 Å². The summed E-state index contributed by atoms with van der Waals surface area (Å²) in [6.45, 7) is 0. The zero-order valence-corrected chi connectivity index (χ0v) is 8.47. The number of carbonyl (C=O) groups excluding carboxylic acids is 1. The molecule has 0 unspecified atom stereocenters. The molecular formula is C12H6O5. The van der Waals surface area contributed by atoms with Gasteiger partial charge in [0.15, 0.2) is 17.5 Å². The fourth-order valence-corrected chi connectivity index (χ4v) is 1.88. The number of phenolic OH excluding ortho intramolecular Hbond substituents is 1. The quantitative estimate of drug-likeness (QED) is 0.511. The average molecular weight is 230 g/mol. The van der Waals surface area contributed by atoms with Crippen LogP contribution in [0.15, 0.2) is 38.1 Å². The van der Waals surface area contributed by atoms with Gasteiger partial charge in [-0.15, -0.1) is 0 Å². The minimum atomic E-state index is -0.601. The highest BCUT2D eigenvalue weighted by molar-refractivity contribution is 6.12. The molecule has 5 nitrogen and oxygen atoms in total. The van der Waals surface area contributed by atoms with E-state index in [0.29, 0.717) is 22.6 Å². The van der Waals surface area contributed by atoms with Gasteiger partial charge in [0.25, 0.3) is 0 Å². The second kappa shape index (κ2) is 3.21. The molecule has 0 spiro atoms. The first kappa shape index (κ1) is 9.65. The molecule has 3 aromatic rings. The zero-order chi connectivity index (χ0) is 12.0. The van der Waals surface area contributed by atoms with E-state index in [1.807, 2.05) is 0 Å². The van der Waals surface area contributed by atoms with Crippen LogP contribution < -0.4 is 5.63 Å². The maximum Gasteiger partial charge on any atom is 0.336 e. The SMILES string of the molecule is O=Cc1c2ccoc2c(O)c2oc(=O)ccc12. The van der Waals surface area contributed by atoms with Crippen LogP contribution in [0.5, 0.6) is 5.75 Å². The van der Waals surface area contributed by atoms with Crippen LogP contribution >= 0.6 is 0 Å². The molecule has 0 aliphatic carbocycles. The molecule has 0 atom stereocenters. The summed E-state index contributed by atoms with van der Waals surface area (Å²) in [4.78, 5) is 22.2. The third kappa shape index (κ3) is 1.19. The van der Waals surface area contributed by atoms with Crippen molar-refractivity contribution >= 4 is 28.2 Å². The highest BCUT2D eigenvalue weighted by Crippen LogP contribution is 2.36. The van der Waals surface area contributed by atoms with E-state index < -0.39 is 5.63 Å². The number of aldehydes is 1. The van der Waals surface area contributed by atoms with Gasteiger partial charge in [-0.1, -0.05) is 0 Å². The third-order valence-electron chi connectivity index (χ3n) is 2.63. The van der Waals surface area contributed by atoms with E-state index in [0.717, 1.165) is 0 Å². The summed E-state index contributed by atoms with van der Waals surface area (Å²) in [6.07, 6.45) is 1.99. The molecule has 84 valence electrons. The van der Waals surface area contributed by atoms with E-state index in [1.54, 1.807) is 6.07 Å². The van der Waals surface area contributed by atoms with Crippen LogP contribution in [0.3, 0.4) is 0 Å². The van der Waals surface area contributed by atoms with E-state index in [9.17, 15) is 14.7 Å². The van der Waals surface area contributed by atoms with Gasteiger partial charge in [0.1, 0.15) is 0 Å². The summed E-state index contributed by atoms with van der Waals surface area (Å²) in [7, 11) is 0. The van der Waals surface area contributed by atoms with Gasteiger partial charge in [-0.2, -0.15) is 0 Å². The number of carbonyl (C=O) groups is 1. The molecule has 0 aliphatic rings. The first-order valence-electron chi connectivity index (χ1n) is 4.83. The van der Waals surface area contributed by atoms with Gasteiger partial charge < -0.3 is 13.9 Å². The summed E-state index contributed by atoms with van der Waals surface area (Å²) >= 11 is 0. The Bertz CT molecular complexity index is 794. The van der Waals surface area contributed by atoms with Crippen molar-refractivity contribution in [3.63, 3.8) is 0 Å². The largest absolute Gasteiger partial charge is 0.502 e. The lowest BCUT2D eigenvalue weighted by Gasteiger charge is -2.03. The molecule has 0 saturated carbocycles. The van der Waals surface area contributed by atoms with Crippen LogP contribution in [0.2, 0.25) is 0 Å². The molecule has 0 fully saturated rings. The van der Waals surface area contributed by atoms with Crippen molar-refractivity contribution in [3.8, 4) is 5.75 Å². The van der Waals surface area contributed by atoms with E-state index in [1.165, 1.54) is 18.4 Å². The molecule has 0 aliphatic heterocycles. The molecule has 2 heterocycles. The van der Waals surface area contributed by atoms with E-state index >= 15 is 0 Å². The second-order valence-corrected chi connectivity index (χ2v) is 3.54. The highest BCUT2D eigenvalue weighted by atomic mass is 16.4. The maximum atomic E-state index is 11.1. The van der Waals surface area contributed by atoms with Crippen molar-refractivity contribution < 1.29 is 18.7 Å². The van der Waals surface area contributed by atoms with Crippen molar-refractivity contribution in [2.75, 3.05) is 0 Å². The standard InChI is InChI=1S/C12H6O5/c13-5-8-6-1-2-9(14)17-12(6)10(15)11-7(8)3-4-16-11/h1-5,15H. The van der Waals surface area contributed by atoms with Gasteiger partial charge in [0, 0.05) is 22.4 Å². The number of benzene rings is 1. The van der Waals surface area contributed by atoms with Crippen molar-refractivity contribution in [1.82, 2.24) is 0 Å². The monoisotopic (exact) mass is 230 g/mol. The molecular weight excluding hydrogens is 224 g/mol. The van der Waals surface area contributed by atoms with Crippen LogP contribution in [0.1, 0.15) is 10.4 Å². The van der Waals surface area contributed by atoms with Crippen LogP contribution in [0, 0.1) is 0 Å². The smallest absolute Gasteiger partial charge is 0.336 e. The fraction of sp³-hybridized carbons (Fsp3) is 0.